The fraction of sp³-hybridized carbons (Fsp3) is 0.636. The highest BCUT2D eigenvalue weighted by Crippen LogP contribution is 2.32. The van der Waals surface area contributed by atoms with Crippen molar-refractivity contribution in [3.8, 4) is 0 Å². The Morgan fingerprint density at radius 3 is 3.08 bits per heavy atom. The van der Waals surface area contributed by atoms with E-state index in [1.807, 2.05) is 0 Å². The maximum Gasteiger partial charge on any atom is 0.105 e. The molecule has 1 nitrogen and oxygen atoms in total. The minimum atomic E-state index is -0.0133. The lowest BCUT2D eigenvalue weighted by Crippen LogP contribution is -2.33. The third-order valence-electron chi connectivity index (χ3n) is 2.70. The van der Waals surface area contributed by atoms with Gasteiger partial charge in [-0.2, -0.15) is 0 Å². The quantitative estimate of drug-likeness (QED) is 0.500. The molecule has 1 spiro atoms. The van der Waals surface area contributed by atoms with Crippen LogP contribution >= 0.6 is 0 Å². The Morgan fingerprint density at radius 2 is 2.42 bits per heavy atom. The zero-order chi connectivity index (χ0) is 8.44. The maximum atomic E-state index is 5.81. The zero-order valence-corrected chi connectivity index (χ0v) is 7.68. The van der Waals surface area contributed by atoms with Crippen molar-refractivity contribution in [2.45, 2.75) is 38.2 Å². The number of hydrogen-bond acceptors (Lipinski definition) is 1. The monoisotopic (exact) mass is 164 g/mol. The van der Waals surface area contributed by atoms with Gasteiger partial charge in [0.05, 0.1) is 6.61 Å². The van der Waals surface area contributed by atoms with Gasteiger partial charge in [-0.05, 0) is 38.7 Å². The molecule has 1 heterocycles. The largest absolute Gasteiger partial charge is 0.366 e. The second-order valence-corrected chi connectivity index (χ2v) is 3.84. The molecule has 1 atom stereocenters. The molecule has 1 heteroatoms. The molecule has 1 aliphatic heterocycles. The van der Waals surface area contributed by atoms with E-state index in [0.717, 1.165) is 13.0 Å². The average Bonchev–Trinajstić information content (AvgIpc) is 2.05. The fourth-order valence-corrected chi connectivity index (χ4v) is 2.04. The van der Waals surface area contributed by atoms with E-state index in [4.69, 9.17) is 4.74 Å². The molecule has 66 valence electrons. The highest BCUT2D eigenvalue weighted by atomic mass is 16.5. The molecular weight excluding hydrogens is 148 g/mol. The van der Waals surface area contributed by atoms with E-state index in [1.54, 1.807) is 0 Å². The van der Waals surface area contributed by atoms with Crippen LogP contribution in [0.4, 0.5) is 0 Å². The van der Waals surface area contributed by atoms with Crippen molar-refractivity contribution in [1.29, 1.82) is 0 Å². The number of hydrogen-bond donors (Lipinski definition) is 0. The molecule has 0 saturated carbocycles. The van der Waals surface area contributed by atoms with Gasteiger partial charge in [0.2, 0.25) is 0 Å². The van der Waals surface area contributed by atoms with Gasteiger partial charge in [-0.25, -0.2) is 0 Å². The van der Waals surface area contributed by atoms with Crippen LogP contribution < -0.4 is 0 Å². The molecule has 0 radical (unpaired) electrons. The molecule has 0 fully saturated rings. The summed E-state index contributed by atoms with van der Waals surface area (Å²) in [6.07, 6.45) is 11.5. The summed E-state index contributed by atoms with van der Waals surface area (Å²) in [4.78, 5) is 0. The van der Waals surface area contributed by atoms with Gasteiger partial charge in [0.1, 0.15) is 5.60 Å². The summed E-state index contributed by atoms with van der Waals surface area (Å²) in [6, 6.07) is 0. The van der Waals surface area contributed by atoms with E-state index in [0.29, 0.717) is 0 Å². The Hall–Kier alpha value is -0.560. The summed E-state index contributed by atoms with van der Waals surface area (Å²) in [5.74, 6) is 0. The number of ether oxygens (including phenoxy) is 1. The maximum absolute atomic E-state index is 5.81. The Labute approximate surface area is 74.1 Å². The lowest BCUT2D eigenvalue weighted by atomic mass is 9.87. The minimum absolute atomic E-state index is 0.0133. The summed E-state index contributed by atoms with van der Waals surface area (Å²) in [5.41, 5.74) is 1.47. The van der Waals surface area contributed by atoms with E-state index in [2.05, 4.69) is 25.2 Å². The Kier molecular flexibility index (Phi) is 2.05. The second kappa shape index (κ2) is 3.06. The molecular formula is C11H16O. The van der Waals surface area contributed by atoms with Crippen molar-refractivity contribution >= 4 is 0 Å². The SMILES string of the molecule is CC1=CC2(C=CCCC2)OCC1. The first-order valence-corrected chi connectivity index (χ1v) is 4.81. The third kappa shape index (κ3) is 1.46. The first-order valence-electron chi connectivity index (χ1n) is 4.81. The van der Waals surface area contributed by atoms with Gasteiger partial charge in [-0.15, -0.1) is 0 Å². The normalized spacial score (nSPS) is 35.2. The Bertz CT molecular complexity index is 223. The molecule has 0 aromatic heterocycles. The molecule has 1 aliphatic carbocycles. The van der Waals surface area contributed by atoms with E-state index < -0.39 is 0 Å². The third-order valence-corrected chi connectivity index (χ3v) is 2.70. The van der Waals surface area contributed by atoms with Crippen LogP contribution in [-0.2, 0) is 4.74 Å². The van der Waals surface area contributed by atoms with Crippen LogP contribution in [0.2, 0.25) is 0 Å². The van der Waals surface area contributed by atoms with Crippen LogP contribution in [0, 0.1) is 0 Å². The molecule has 0 amide bonds. The van der Waals surface area contributed by atoms with Gasteiger partial charge in [-0.1, -0.05) is 17.7 Å². The van der Waals surface area contributed by atoms with Gasteiger partial charge in [0.15, 0.2) is 0 Å². The van der Waals surface area contributed by atoms with Gasteiger partial charge >= 0.3 is 0 Å². The van der Waals surface area contributed by atoms with Crippen molar-refractivity contribution in [2.24, 2.45) is 0 Å². The van der Waals surface area contributed by atoms with Gasteiger partial charge in [0, 0.05) is 0 Å². The molecule has 0 aromatic carbocycles. The van der Waals surface area contributed by atoms with E-state index in [-0.39, 0.29) is 5.60 Å². The fourth-order valence-electron chi connectivity index (χ4n) is 2.04. The minimum Gasteiger partial charge on any atom is -0.366 e. The van der Waals surface area contributed by atoms with Gasteiger partial charge in [-0.3, -0.25) is 0 Å². The molecule has 0 N–H and O–H groups in total. The van der Waals surface area contributed by atoms with Crippen LogP contribution in [-0.4, -0.2) is 12.2 Å². The lowest BCUT2D eigenvalue weighted by molar-refractivity contribution is 0.00918. The predicted molar refractivity (Wildman–Crippen MR) is 50.0 cm³/mol. The van der Waals surface area contributed by atoms with Gasteiger partial charge in [0.25, 0.3) is 0 Å². The van der Waals surface area contributed by atoms with Crippen LogP contribution in [0.5, 0.6) is 0 Å². The molecule has 1 unspecified atom stereocenters. The van der Waals surface area contributed by atoms with Crippen molar-refractivity contribution < 1.29 is 4.74 Å². The molecule has 0 bridgehead atoms. The molecule has 0 aromatic rings. The van der Waals surface area contributed by atoms with Crippen LogP contribution in [0.3, 0.4) is 0 Å². The van der Waals surface area contributed by atoms with E-state index >= 15 is 0 Å². The summed E-state index contributed by atoms with van der Waals surface area (Å²) < 4.78 is 5.81. The smallest absolute Gasteiger partial charge is 0.105 e. The molecule has 12 heavy (non-hydrogen) atoms. The lowest BCUT2D eigenvalue weighted by Gasteiger charge is -2.34. The predicted octanol–water partition coefficient (Wildman–Crippen LogP) is 2.83. The highest BCUT2D eigenvalue weighted by molar-refractivity contribution is 5.22. The standard InChI is InChI=1S/C11H16O/c1-10-5-8-12-11(9-10)6-3-2-4-7-11/h3,6,9H,2,4-5,7-8H2,1H3. The zero-order valence-electron chi connectivity index (χ0n) is 7.68. The number of rotatable bonds is 0. The first kappa shape index (κ1) is 8.06. The van der Waals surface area contributed by atoms with Crippen molar-refractivity contribution in [3.05, 3.63) is 23.8 Å². The van der Waals surface area contributed by atoms with E-state index in [9.17, 15) is 0 Å². The number of allylic oxidation sites excluding steroid dienone is 1. The van der Waals surface area contributed by atoms with Crippen LogP contribution in [0.25, 0.3) is 0 Å². The van der Waals surface area contributed by atoms with Crippen molar-refractivity contribution in [2.75, 3.05) is 6.61 Å². The average molecular weight is 164 g/mol. The Balaban J connectivity index is 2.23. The first-order chi connectivity index (χ1) is 5.81. The summed E-state index contributed by atoms with van der Waals surface area (Å²) >= 11 is 0. The molecule has 2 aliphatic rings. The molecule has 0 saturated heterocycles. The van der Waals surface area contributed by atoms with Crippen molar-refractivity contribution in [3.63, 3.8) is 0 Å². The van der Waals surface area contributed by atoms with Gasteiger partial charge < -0.3 is 4.74 Å². The topological polar surface area (TPSA) is 9.23 Å². The van der Waals surface area contributed by atoms with Crippen LogP contribution in [0.15, 0.2) is 23.8 Å². The summed E-state index contributed by atoms with van der Waals surface area (Å²) in [5, 5.41) is 0. The second-order valence-electron chi connectivity index (χ2n) is 3.84. The summed E-state index contributed by atoms with van der Waals surface area (Å²) in [7, 11) is 0. The van der Waals surface area contributed by atoms with Crippen molar-refractivity contribution in [1.82, 2.24) is 0 Å². The highest BCUT2D eigenvalue weighted by Gasteiger charge is 2.29. The molecule has 2 rings (SSSR count). The van der Waals surface area contributed by atoms with Crippen LogP contribution in [0.1, 0.15) is 32.6 Å². The summed E-state index contributed by atoms with van der Waals surface area (Å²) in [6.45, 7) is 3.10. The Morgan fingerprint density at radius 1 is 1.50 bits per heavy atom. The van der Waals surface area contributed by atoms with E-state index in [1.165, 1.54) is 24.8 Å².